The van der Waals surface area contributed by atoms with Gasteiger partial charge in [-0.2, -0.15) is 0 Å². The fourth-order valence-electron chi connectivity index (χ4n) is 6.76. The maximum atomic E-state index is 2.68. The summed E-state index contributed by atoms with van der Waals surface area (Å²) in [5.41, 5.74) is 12.0. The predicted molar refractivity (Wildman–Crippen MR) is 174 cm³/mol. The van der Waals surface area contributed by atoms with Crippen LogP contribution in [0.2, 0.25) is 0 Å². The van der Waals surface area contributed by atoms with E-state index in [9.17, 15) is 0 Å². The summed E-state index contributed by atoms with van der Waals surface area (Å²) < 4.78 is 5.02. The molecule has 5 aromatic rings. The molecule has 0 bridgehead atoms. The molecule has 2 heteroatoms. The molecule has 1 unspecified atom stereocenters. The van der Waals surface area contributed by atoms with E-state index in [4.69, 9.17) is 0 Å². The van der Waals surface area contributed by atoms with Crippen molar-refractivity contribution in [3.8, 4) is 0 Å². The number of aryl methyl sites for hydroxylation is 3. The van der Waals surface area contributed by atoms with E-state index in [0.717, 1.165) is 12.8 Å². The summed E-state index contributed by atoms with van der Waals surface area (Å²) in [7, 11) is 0. The molecule has 0 saturated carbocycles. The van der Waals surface area contributed by atoms with Crippen molar-refractivity contribution in [2.24, 2.45) is 0 Å². The van der Waals surface area contributed by atoms with E-state index in [1.165, 1.54) is 59.7 Å². The number of rotatable bonds is 6. The number of fused-ring (bicyclic) bond motifs is 4. The third kappa shape index (κ3) is 5.75. The van der Waals surface area contributed by atoms with Gasteiger partial charge in [0.15, 0.2) is 0 Å². The third-order valence-corrected chi connectivity index (χ3v) is 12.9. The van der Waals surface area contributed by atoms with Crippen LogP contribution in [0.25, 0.3) is 22.7 Å². The van der Waals surface area contributed by atoms with Gasteiger partial charge in [0.25, 0.3) is 0 Å². The van der Waals surface area contributed by atoms with Gasteiger partial charge < -0.3 is 0 Å². The summed E-state index contributed by atoms with van der Waals surface area (Å²) in [4.78, 5) is 0. The second-order valence-electron chi connectivity index (χ2n) is 11.6. The fraction of sp³-hybridized carbons (Fsp3) is 0.200. The van der Waals surface area contributed by atoms with Crippen LogP contribution in [0.1, 0.15) is 56.4 Å². The van der Waals surface area contributed by atoms with Crippen LogP contribution in [0.3, 0.4) is 0 Å². The molecule has 0 fully saturated rings. The van der Waals surface area contributed by atoms with Crippen molar-refractivity contribution in [2.75, 3.05) is 0 Å². The number of benzene rings is 4. The van der Waals surface area contributed by atoms with Gasteiger partial charge in [0.05, 0.1) is 0 Å². The zero-order chi connectivity index (χ0) is 28.1. The molecule has 8 rings (SSSR count). The standard InChI is InChI=1S/C21H18N.C14H14.C5H5.Zr/c1-2-8-16-14-17(13-15(16)7-1)22-20-11-5-3-9-18(20)19-10-4-6-12-21(19)22;1-3-7-13(8-4-1)11-12-14-9-5-2-6-10-14;1-2-4-5-3-1;/h1-3,5,7-9,11,13-14H,4,6,10,12H2;1-10H,11-12H2;1-3H,4H2;. The van der Waals surface area contributed by atoms with Gasteiger partial charge in [0, 0.05) is 0 Å². The van der Waals surface area contributed by atoms with Crippen molar-refractivity contribution < 1.29 is 23.2 Å². The van der Waals surface area contributed by atoms with Crippen molar-refractivity contribution in [1.29, 1.82) is 0 Å². The molecule has 0 aliphatic heterocycles. The molecule has 3 aliphatic rings. The molecule has 0 spiro atoms. The summed E-state index contributed by atoms with van der Waals surface area (Å²) in [5.74, 6) is 0. The van der Waals surface area contributed by atoms with Gasteiger partial charge in [0.2, 0.25) is 0 Å². The molecule has 0 N–H and O–H groups in total. The summed E-state index contributed by atoms with van der Waals surface area (Å²) >= 11 is -0.735. The number of allylic oxidation sites excluding steroid dienone is 5. The number of hydrogen-bond acceptors (Lipinski definition) is 0. The molecule has 4 aromatic carbocycles. The Labute approximate surface area is 261 Å². The van der Waals surface area contributed by atoms with Gasteiger partial charge in [-0.25, -0.2) is 0 Å². The van der Waals surface area contributed by atoms with E-state index >= 15 is 0 Å². The van der Waals surface area contributed by atoms with Gasteiger partial charge in [-0.05, 0) is 24.0 Å². The van der Waals surface area contributed by atoms with Crippen molar-refractivity contribution in [3.05, 3.63) is 164 Å². The van der Waals surface area contributed by atoms with E-state index in [1.54, 1.807) is 25.8 Å². The molecule has 0 saturated heterocycles. The fourth-order valence-corrected chi connectivity index (χ4v) is 10.6. The smallest absolute Gasteiger partial charge is 0.0238 e. The summed E-state index contributed by atoms with van der Waals surface area (Å²) in [6.45, 7) is 0. The van der Waals surface area contributed by atoms with Crippen LogP contribution in [-0.2, 0) is 48.9 Å². The van der Waals surface area contributed by atoms with E-state index in [2.05, 4.69) is 138 Å². The quantitative estimate of drug-likeness (QED) is 0.178. The van der Waals surface area contributed by atoms with Crippen LogP contribution in [0.4, 0.5) is 0 Å². The molecule has 0 amide bonds. The summed E-state index contributed by atoms with van der Waals surface area (Å²) in [6.07, 6.45) is 18.0. The van der Waals surface area contributed by atoms with Crippen LogP contribution < -0.4 is 0 Å². The van der Waals surface area contributed by atoms with Gasteiger partial charge in [-0.1, -0.05) is 60.7 Å². The second-order valence-corrected chi connectivity index (χ2v) is 15.3. The van der Waals surface area contributed by atoms with E-state index in [1.807, 2.05) is 0 Å². The topological polar surface area (TPSA) is 4.93 Å². The average Bonchev–Trinajstić information content (AvgIpc) is 3.78. The Morgan fingerprint density at radius 3 is 2.10 bits per heavy atom. The maximum absolute atomic E-state index is 2.68. The second kappa shape index (κ2) is 12.8. The first-order valence-corrected chi connectivity index (χ1v) is 18.1. The Morgan fingerprint density at radius 1 is 0.690 bits per heavy atom. The van der Waals surface area contributed by atoms with Crippen LogP contribution in [0.5, 0.6) is 0 Å². The minimum Gasteiger partial charge on any atom is -0.0622 e. The Kier molecular flexibility index (Phi) is 8.34. The Hall–Kier alpha value is -3.48. The summed E-state index contributed by atoms with van der Waals surface area (Å²) in [6, 6.07) is 39.5. The minimum absolute atomic E-state index is 0.618. The first kappa shape index (κ1) is 27.4. The molecule has 0 radical (unpaired) electrons. The van der Waals surface area contributed by atoms with Crippen LogP contribution in [-0.4, -0.2) is 4.57 Å². The van der Waals surface area contributed by atoms with Crippen molar-refractivity contribution >= 4 is 22.7 Å². The van der Waals surface area contributed by atoms with Crippen LogP contribution in [0, 0.1) is 0 Å². The number of aromatic nitrogens is 1. The normalized spacial score (nSPS) is 16.7. The zero-order valence-electron chi connectivity index (χ0n) is 24.2. The number of nitrogens with zero attached hydrogens (tertiary/aromatic N) is 1. The Bertz CT molecular complexity index is 1730. The van der Waals surface area contributed by atoms with Gasteiger partial charge in [-0.3, -0.25) is 0 Å². The molecule has 1 nitrogen and oxygen atoms in total. The molecule has 1 heterocycles. The average molecular weight is 623 g/mol. The van der Waals surface area contributed by atoms with Gasteiger partial charge in [-0.15, -0.1) is 0 Å². The minimum atomic E-state index is -0.735. The zero-order valence-corrected chi connectivity index (χ0v) is 26.6. The van der Waals surface area contributed by atoms with Crippen LogP contribution in [0.15, 0.2) is 131 Å². The molecular weight excluding hydrogens is 586 g/mol. The maximum Gasteiger partial charge on any atom is -0.0238 e. The van der Waals surface area contributed by atoms with E-state index in [-0.39, 0.29) is 0 Å². The number of hydrogen-bond donors (Lipinski definition) is 0. The largest absolute Gasteiger partial charge is 0.0622 e. The summed E-state index contributed by atoms with van der Waals surface area (Å²) in [5, 5.41) is 1.49. The molecule has 1 aromatic heterocycles. The molecular formula is C40H37NZr. The number of para-hydroxylation sites is 1. The Balaban J connectivity index is 0.000000174. The SMILES string of the molecule is C1=CC[C]([Zr][CH]2C(n3c4c(c5ccccc53)CCCC4)=Cc3ccccc32)=C1.c1ccc(CCc2ccccc2)cc1. The molecule has 1 atom stereocenters. The van der Waals surface area contributed by atoms with Gasteiger partial charge >= 0.3 is 179 Å². The van der Waals surface area contributed by atoms with Crippen molar-refractivity contribution in [3.63, 3.8) is 0 Å². The Morgan fingerprint density at radius 2 is 1.36 bits per heavy atom. The van der Waals surface area contributed by atoms with Gasteiger partial charge in [0.1, 0.15) is 0 Å². The molecule has 42 heavy (non-hydrogen) atoms. The predicted octanol–water partition coefficient (Wildman–Crippen LogP) is 9.97. The van der Waals surface area contributed by atoms with E-state index < -0.39 is 23.2 Å². The van der Waals surface area contributed by atoms with Crippen molar-refractivity contribution in [2.45, 2.75) is 48.6 Å². The monoisotopic (exact) mass is 621 g/mol. The molecule has 3 aliphatic carbocycles. The van der Waals surface area contributed by atoms with E-state index in [0.29, 0.717) is 3.63 Å². The van der Waals surface area contributed by atoms with Crippen LogP contribution >= 0.6 is 0 Å². The first-order chi connectivity index (χ1) is 20.8. The molecule has 206 valence electrons. The third-order valence-electron chi connectivity index (χ3n) is 8.83. The van der Waals surface area contributed by atoms with Crippen molar-refractivity contribution in [1.82, 2.24) is 4.57 Å². The first-order valence-electron chi connectivity index (χ1n) is 15.5.